The van der Waals surface area contributed by atoms with Crippen LogP contribution in [0.15, 0.2) is 28.7 Å². The summed E-state index contributed by atoms with van der Waals surface area (Å²) >= 11 is 3.21. The van der Waals surface area contributed by atoms with Crippen molar-refractivity contribution in [3.63, 3.8) is 0 Å². The zero-order chi connectivity index (χ0) is 12.9. The highest BCUT2D eigenvalue weighted by molar-refractivity contribution is 9.10. The molecule has 2 nitrogen and oxygen atoms in total. The molecule has 1 aromatic rings. The molecule has 0 atom stereocenters. The van der Waals surface area contributed by atoms with Crippen molar-refractivity contribution in [2.24, 2.45) is 0 Å². The summed E-state index contributed by atoms with van der Waals surface area (Å²) in [6.07, 6.45) is -4.41. The number of hydrogen-bond acceptors (Lipinski definition) is 2. The largest absolute Gasteiger partial charge is 0.411 e. The molecule has 0 saturated heterocycles. The van der Waals surface area contributed by atoms with E-state index in [9.17, 15) is 18.0 Å². The number of ketones is 1. The summed E-state index contributed by atoms with van der Waals surface area (Å²) in [5.74, 6) is -0.242. The SMILES string of the molecule is O=C(CCOCC(F)(F)F)c1cccc(Br)c1. The van der Waals surface area contributed by atoms with Crippen molar-refractivity contribution in [2.75, 3.05) is 13.2 Å². The van der Waals surface area contributed by atoms with Crippen molar-refractivity contribution in [3.8, 4) is 0 Å². The molecule has 0 aliphatic carbocycles. The second-order valence-corrected chi connectivity index (χ2v) is 4.27. The molecule has 0 bridgehead atoms. The van der Waals surface area contributed by atoms with E-state index in [0.717, 1.165) is 4.47 Å². The van der Waals surface area contributed by atoms with Gasteiger partial charge in [0.1, 0.15) is 6.61 Å². The lowest BCUT2D eigenvalue weighted by Crippen LogP contribution is -2.18. The lowest BCUT2D eigenvalue weighted by molar-refractivity contribution is -0.173. The van der Waals surface area contributed by atoms with Gasteiger partial charge in [0.15, 0.2) is 5.78 Å². The summed E-state index contributed by atoms with van der Waals surface area (Å²) < 4.78 is 40.3. The topological polar surface area (TPSA) is 26.3 Å². The van der Waals surface area contributed by atoms with E-state index in [4.69, 9.17) is 0 Å². The van der Waals surface area contributed by atoms with Crippen molar-refractivity contribution in [1.29, 1.82) is 0 Å². The smallest absolute Gasteiger partial charge is 0.372 e. The van der Waals surface area contributed by atoms with Gasteiger partial charge in [-0.25, -0.2) is 0 Å². The van der Waals surface area contributed by atoms with E-state index in [1.54, 1.807) is 24.3 Å². The van der Waals surface area contributed by atoms with Gasteiger partial charge in [-0.1, -0.05) is 28.1 Å². The molecule has 0 radical (unpaired) electrons. The highest BCUT2D eigenvalue weighted by atomic mass is 79.9. The van der Waals surface area contributed by atoms with Crippen LogP contribution in [-0.4, -0.2) is 25.2 Å². The van der Waals surface area contributed by atoms with E-state index in [2.05, 4.69) is 20.7 Å². The van der Waals surface area contributed by atoms with Gasteiger partial charge in [-0.2, -0.15) is 13.2 Å². The van der Waals surface area contributed by atoms with E-state index < -0.39 is 12.8 Å². The maximum absolute atomic E-state index is 11.7. The zero-order valence-corrected chi connectivity index (χ0v) is 10.3. The molecule has 17 heavy (non-hydrogen) atoms. The van der Waals surface area contributed by atoms with Crippen molar-refractivity contribution in [1.82, 2.24) is 0 Å². The van der Waals surface area contributed by atoms with Gasteiger partial charge in [0, 0.05) is 16.5 Å². The lowest BCUT2D eigenvalue weighted by Gasteiger charge is -2.07. The van der Waals surface area contributed by atoms with Crippen LogP contribution < -0.4 is 0 Å². The molecule has 0 spiro atoms. The Morgan fingerprint density at radius 3 is 2.65 bits per heavy atom. The molecule has 6 heteroatoms. The van der Waals surface area contributed by atoms with Crippen LogP contribution in [0.2, 0.25) is 0 Å². The van der Waals surface area contributed by atoms with Gasteiger partial charge in [-0.05, 0) is 12.1 Å². The average Bonchev–Trinajstić information content (AvgIpc) is 2.23. The molecule has 0 aliphatic heterocycles. The molecular weight excluding hydrogens is 301 g/mol. The molecule has 0 saturated carbocycles. The molecule has 0 fully saturated rings. The molecule has 0 N–H and O–H groups in total. The van der Waals surface area contributed by atoms with Gasteiger partial charge in [0.05, 0.1) is 6.61 Å². The number of alkyl halides is 3. The predicted molar refractivity (Wildman–Crippen MR) is 60.0 cm³/mol. The minimum absolute atomic E-state index is 0.0630. The molecule has 1 aromatic carbocycles. The number of carbonyl (C=O) groups excluding carboxylic acids is 1. The molecule has 0 heterocycles. The van der Waals surface area contributed by atoms with Crippen LogP contribution in [0, 0.1) is 0 Å². The Bertz CT molecular complexity index is 391. The number of hydrogen-bond donors (Lipinski definition) is 0. The first kappa shape index (κ1) is 14.2. The molecule has 94 valence electrons. The van der Waals surface area contributed by atoms with Crippen LogP contribution in [0.4, 0.5) is 13.2 Å². The number of ether oxygens (including phenoxy) is 1. The van der Waals surface area contributed by atoms with Crippen molar-refractivity contribution >= 4 is 21.7 Å². The average molecular weight is 311 g/mol. The highest BCUT2D eigenvalue weighted by Gasteiger charge is 2.27. The van der Waals surface area contributed by atoms with E-state index >= 15 is 0 Å². The number of carbonyl (C=O) groups is 1. The number of halogens is 4. The lowest BCUT2D eigenvalue weighted by atomic mass is 10.1. The highest BCUT2D eigenvalue weighted by Crippen LogP contribution is 2.15. The van der Waals surface area contributed by atoms with Gasteiger partial charge in [0.2, 0.25) is 0 Å². The third kappa shape index (κ3) is 5.83. The summed E-state index contributed by atoms with van der Waals surface area (Å²) in [7, 11) is 0. The Balaban J connectivity index is 2.36. The normalized spacial score (nSPS) is 11.5. The summed E-state index contributed by atoms with van der Waals surface area (Å²) in [5, 5.41) is 0. The fraction of sp³-hybridized carbons (Fsp3) is 0.364. The van der Waals surface area contributed by atoms with Crippen molar-refractivity contribution in [2.45, 2.75) is 12.6 Å². The van der Waals surface area contributed by atoms with Crippen LogP contribution in [0.5, 0.6) is 0 Å². The molecule has 0 amide bonds. The van der Waals surface area contributed by atoms with Crippen LogP contribution in [0.3, 0.4) is 0 Å². The number of benzene rings is 1. The minimum atomic E-state index is -4.35. The molecule has 0 unspecified atom stereocenters. The predicted octanol–water partition coefficient (Wildman–Crippen LogP) is 3.60. The van der Waals surface area contributed by atoms with Gasteiger partial charge in [-0.15, -0.1) is 0 Å². The van der Waals surface area contributed by atoms with Crippen molar-refractivity contribution in [3.05, 3.63) is 34.3 Å². The van der Waals surface area contributed by atoms with E-state index in [1.165, 1.54) is 0 Å². The number of Topliss-reactive ketones (excluding diaryl/α,β-unsaturated/α-hetero) is 1. The maximum atomic E-state index is 11.7. The second-order valence-electron chi connectivity index (χ2n) is 3.35. The first-order valence-corrected chi connectivity index (χ1v) is 5.61. The van der Waals surface area contributed by atoms with Gasteiger partial charge < -0.3 is 4.74 Å². The maximum Gasteiger partial charge on any atom is 0.411 e. The minimum Gasteiger partial charge on any atom is -0.372 e. The van der Waals surface area contributed by atoms with Crippen LogP contribution in [0.25, 0.3) is 0 Å². The van der Waals surface area contributed by atoms with Gasteiger partial charge in [0.25, 0.3) is 0 Å². The van der Waals surface area contributed by atoms with E-state index in [-0.39, 0.29) is 18.8 Å². The second kappa shape index (κ2) is 6.16. The summed E-state index contributed by atoms with van der Waals surface area (Å²) in [4.78, 5) is 11.5. The van der Waals surface area contributed by atoms with Crippen LogP contribution in [0.1, 0.15) is 16.8 Å². The van der Waals surface area contributed by atoms with Crippen molar-refractivity contribution < 1.29 is 22.7 Å². The fourth-order valence-electron chi connectivity index (χ4n) is 1.16. The van der Waals surface area contributed by atoms with E-state index in [0.29, 0.717) is 5.56 Å². The Labute approximate surface area is 105 Å². The Morgan fingerprint density at radius 2 is 2.06 bits per heavy atom. The summed E-state index contributed by atoms with van der Waals surface area (Å²) in [6, 6.07) is 6.67. The van der Waals surface area contributed by atoms with Gasteiger partial charge >= 0.3 is 6.18 Å². The van der Waals surface area contributed by atoms with Gasteiger partial charge in [-0.3, -0.25) is 4.79 Å². The Morgan fingerprint density at radius 1 is 1.35 bits per heavy atom. The Kier molecular flexibility index (Phi) is 5.14. The fourth-order valence-corrected chi connectivity index (χ4v) is 1.56. The molecule has 1 rings (SSSR count). The first-order chi connectivity index (χ1) is 7.88. The monoisotopic (exact) mass is 310 g/mol. The zero-order valence-electron chi connectivity index (χ0n) is 8.76. The Hall–Kier alpha value is -0.880. The number of rotatable bonds is 5. The molecule has 0 aliphatic rings. The quantitative estimate of drug-likeness (QED) is 0.613. The standard InChI is InChI=1S/C11H10BrF3O2/c12-9-3-1-2-8(6-9)10(16)4-5-17-7-11(13,14)15/h1-3,6H,4-5,7H2. The summed E-state index contributed by atoms with van der Waals surface area (Å²) in [6.45, 7) is -1.55. The summed E-state index contributed by atoms with van der Waals surface area (Å²) in [5.41, 5.74) is 0.454. The van der Waals surface area contributed by atoms with Crippen LogP contribution >= 0.6 is 15.9 Å². The third-order valence-corrected chi connectivity index (χ3v) is 2.38. The first-order valence-electron chi connectivity index (χ1n) is 4.82. The van der Waals surface area contributed by atoms with E-state index in [1.807, 2.05) is 0 Å². The molecular formula is C11H10BrF3O2. The van der Waals surface area contributed by atoms with Crippen LogP contribution in [-0.2, 0) is 4.74 Å². The molecule has 0 aromatic heterocycles. The third-order valence-electron chi connectivity index (χ3n) is 1.89.